The highest BCUT2D eigenvalue weighted by Crippen LogP contribution is 2.22. The zero-order valence-corrected chi connectivity index (χ0v) is 22.2. The van der Waals surface area contributed by atoms with Crippen LogP contribution < -0.4 is 0 Å². The van der Waals surface area contributed by atoms with Gasteiger partial charge < -0.3 is 14.2 Å². The van der Waals surface area contributed by atoms with Gasteiger partial charge in [-0.1, -0.05) is 38.5 Å². The Balaban J connectivity index is 0.00000265. The van der Waals surface area contributed by atoms with E-state index in [1.807, 2.05) is 48.5 Å². The lowest BCUT2D eigenvalue weighted by Crippen LogP contribution is -2.40. The number of aliphatic imine (C=N–C) groups is 1. The summed E-state index contributed by atoms with van der Waals surface area (Å²) in [5, 5.41) is 0. The third-order valence-electron chi connectivity index (χ3n) is 4.88. The molecule has 0 amide bonds. The van der Waals surface area contributed by atoms with Crippen LogP contribution in [0.15, 0.2) is 45.5 Å². The second kappa shape index (κ2) is 13.8. The summed E-state index contributed by atoms with van der Waals surface area (Å²) in [6, 6.07) is 6.24. The summed E-state index contributed by atoms with van der Waals surface area (Å²) in [6.07, 6.45) is 2.44. The molecule has 1 atom stereocenters. The molecule has 188 valence electrons. The fourth-order valence-electron chi connectivity index (χ4n) is 2.85. The molecule has 1 heterocycles. The fraction of sp³-hybridized carbons (Fsp3) is 0.640. The van der Waals surface area contributed by atoms with Crippen LogP contribution in [-0.4, -0.2) is 52.9 Å². The normalized spacial score (nSPS) is 18.3. The fourth-order valence-corrected chi connectivity index (χ4v) is 3.83. The van der Waals surface area contributed by atoms with Crippen molar-refractivity contribution in [1.82, 2.24) is 0 Å². The van der Waals surface area contributed by atoms with Crippen molar-refractivity contribution >= 4 is 16.3 Å². The number of rotatable bonds is 10. The maximum absolute atomic E-state index is 12.3. The van der Waals surface area contributed by atoms with E-state index in [0.29, 0.717) is 19.8 Å². The predicted octanol–water partition coefficient (Wildman–Crippen LogP) is 5.29. The molecule has 1 saturated heterocycles. The second-order valence-electron chi connectivity index (χ2n) is 8.34. The quantitative estimate of drug-likeness (QED) is 0.256. The Bertz CT molecular complexity index is 865. The van der Waals surface area contributed by atoms with Gasteiger partial charge in [0.05, 0.1) is 37.4 Å². The number of nitrogens with zero attached hydrogens (tertiary/aromatic N) is 1. The largest absolute Gasteiger partial charge is 0.497 e. The van der Waals surface area contributed by atoms with Crippen molar-refractivity contribution in [2.75, 3.05) is 26.4 Å². The van der Waals surface area contributed by atoms with E-state index < -0.39 is 15.9 Å². The number of allylic oxidation sites excluding steroid dienone is 2. The SMILES string of the molecule is CC.CC/C(OCC1COC(C)(C)OC1)=C(/C)C=NC(C)COS(=O)(=O)c1ccc(C)cc1. The van der Waals surface area contributed by atoms with Crippen molar-refractivity contribution in [2.45, 2.75) is 78.5 Å². The molecule has 0 aliphatic carbocycles. The summed E-state index contributed by atoms with van der Waals surface area (Å²) >= 11 is 0. The Hall–Kier alpha value is -1.74. The summed E-state index contributed by atoms with van der Waals surface area (Å²) in [5.41, 5.74) is 1.88. The maximum Gasteiger partial charge on any atom is 0.297 e. The summed E-state index contributed by atoms with van der Waals surface area (Å²) in [6.45, 7) is 17.1. The lowest BCUT2D eigenvalue weighted by molar-refractivity contribution is -0.265. The van der Waals surface area contributed by atoms with Gasteiger partial charge in [-0.2, -0.15) is 8.42 Å². The van der Waals surface area contributed by atoms with E-state index in [4.69, 9.17) is 18.4 Å². The molecule has 1 aliphatic rings. The lowest BCUT2D eigenvalue weighted by atomic mass is 10.1. The molecule has 0 saturated carbocycles. The number of benzene rings is 1. The lowest BCUT2D eigenvalue weighted by Gasteiger charge is -2.34. The van der Waals surface area contributed by atoms with E-state index in [1.54, 1.807) is 37.4 Å². The molecule has 1 unspecified atom stereocenters. The van der Waals surface area contributed by atoms with Crippen molar-refractivity contribution < 1.29 is 26.8 Å². The van der Waals surface area contributed by atoms with Crippen LogP contribution >= 0.6 is 0 Å². The average molecular weight is 484 g/mol. The second-order valence-corrected chi connectivity index (χ2v) is 9.95. The first kappa shape index (κ1) is 29.3. The van der Waals surface area contributed by atoms with Gasteiger partial charge in [0.15, 0.2) is 5.79 Å². The zero-order valence-electron chi connectivity index (χ0n) is 21.4. The minimum absolute atomic E-state index is 0.0329. The number of ether oxygens (including phenoxy) is 3. The molecule has 1 aliphatic heterocycles. The van der Waals surface area contributed by atoms with Crippen molar-refractivity contribution in [3.63, 3.8) is 0 Å². The van der Waals surface area contributed by atoms with E-state index in [9.17, 15) is 8.42 Å². The van der Waals surface area contributed by atoms with Crippen molar-refractivity contribution in [1.29, 1.82) is 0 Å². The molecule has 0 bridgehead atoms. The molecule has 7 nitrogen and oxygen atoms in total. The van der Waals surface area contributed by atoms with Gasteiger partial charge in [0.1, 0.15) is 5.76 Å². The van der Waals surface area contributed by atoms with Crippen LogP contribution in [0.1, 0.15) is 60.5 Å². The Morgan fingerprint density at radius 3 is 2.33 bits per heavy atom. The molecule has 0 radical (unpaired) electrons. The van der Waals surface area contributed by atoms with Gasteiger partial charge in [-0.25, -0.2) is 0 Å². The first-order valence-corrected chi connectivity index (χ1v) is 13.0. The topological polar surface area (TPSA) is 83.4 Å². The molecule has 1 fully saturated rings. The molecule has 33 heavy (non-hydrogen) atoms. The summed E-state index contributed by atoms with van der Waals surface area (Å²) in [5.74, 6) is 0.487. The van der Waals surface area contributed by atoms with Crippen LogP contribution in [0.2, 0.25) is 0 Å². The third kappa shape index (κ3) is 10.4. The van der Waals surface area contributed by atoms with Gasteiger partial charge in [-0.15, -0.1) is 0 Å². The average Bonchev–Trinajstić information content (AvgIpc) is 2.79. The van der Waals surface area contributed by atoms with E-state index in [2.05, 4.69) is 4.99 Å². The van der Waals surface area contributed by atoms with Gasteiger partial charge >= 0.3 is 0 Å². The minimum Gasteiger partial charge on any atom is -0.497 e. The van der Waals surface area contributed by atoms with E-state index in [-0.39, 0.29) is 23.5 Å². The van der Waals surface area contributed by atoms with Crippen molar-refractivity contribution in [2.24, 2.45) is 10.9 Å². The Labute approximate surface area is 200 Å². The molecule has 1 aromatic carbocycles. The Kier molecular flexibility index (Phi) is 12.3. The van der Waals surface area contributed by atoms with Gasteiger partial charge in [0, 0.05) is 24.1 Å². The zero-order chi connectivity index (χ0) is 25.1. The third-order valence-corrected chi connectivity index (χ3v) is 6.18. The van der Waals surface area contributed by atoms with E-state index >= 15 is 0 Å². The first-order valence-electron chi connectivity index (χ1n) is 11.6. The Morgan fingerprint density at radius 1 is 1.21 bits per heavy atom. The molecular weight excluding hydrogens is 442 g/mol. The van der Waals surface area contributed by atoms with Crippen LogP contribution in [0.5, 0.6) is 0 Å². The molecule has 0 aromatic heterocycles. The molecule has 0 spiro atoms. The maximum atomic E-state index is 12.3. The van der Waals surface area contributed by atoms with Gasteiger partial charge in [0.25, 0.3) is 10.1 Å². The summed E-state index contributed by atoms with van der Waals surface area (Å²) in [7, 11) is -3.80. The van der Waals surface area contributed by atoms with Gasteiger partial charge in [0.2, 0.25) is 0 Å². The predicted molar refractivity (Wildman–Crippen MR) is 132 cm³/mol. The number of hydrogen-bond acceptors (Lipinski definition) is 7. The van der Waals surface area contributed by atoms with E-state index in [1.165, 1.54) is 0 Å². The highest BCUT2D eigenvalue weighted by atomic mass is 32.2. The van der Waals surface area contributed by atoms with Crippen molar-refractivity contribution in [3.05, 3.63) is 41.2 Å². The van der Waals surface area contributed by atoms with Crippen LogP contribution in [-0.2, 0) is 28.5 Å². The molecular formula is C25H41NO6S. The van der Waals surface area contributed by atoms with Crippen LogP contribution in [0.25, 0.3) is 0 Å². The van der Waals surface area contributed by atoms with Gasteiger partial charge in [-0.3, -0.25) is 9.18 Å². The monoisotopic (exact) mass is 483 g/mol. The highest BCUT2D eigenvalue weighted by molar-refractivity contribution is 7.86. The van der Waals surface area contributed by atoms with Crippen LogP contribution in [0, 0.1) is 12.8 Å². The van der Waals surface area contributed by atoms with E-state index in [0.717, 1.165) is 23.3 Å². The van der Waals surface area contributed by atoms with Gasteiger partial charge in [-0.05, 0) is 46.8 Å². The van der Waals surface area contributed by atoms with Crippen LogP contribution in [0.3, 0.4) is 0 Å². The molecule has 1 aromatic rings. The molecule has 2 rings (SSSR count). The minimum atomic E-state index is -3.80. The smallest absolute Gasteiger partial charge is 0.297 e. The summed E-state index contributed by atoms with van der Waals surface area (Å²) < 4.78 is 47.1. The van der Waals surface area contributed by atoms with Crippen LogP contribution in [0.4, 0.5) is 0 Å². The highest BCUT2D eigenvalue weighted by Gasteiger charge is 2.28. The molecule has 0 N–H and O–H groups in total. The standard InChI is InChI=1S/C23H35NO6S.C2H6/c1-7-22(27-14-20-15-28-23(5,6)29-16-20)18(3)12-24-19(4)13-30-31(25,26)21-10-8-17(2)9-11-21;1-2/h8-12,19-20H,7,13-16H2,1-6H3;1-2H3/b22-18+,24-12?;. The Morgan fingerprint density at radius 2 is 1.79 bits per heavy atom. The summed E-state index contributed by atoms with van der Waals surface area (Å²) in [4.78, 5) is 4.56. The molecule has 8 heteroatoms. The number of aryl methyl sites for hydroxylation is 1. The van der Waals surface area contributed by atoms with Crippen molar-refractivity contribution in [3.8, 4) is 0 Å². The first-order chi connectivity index (χ1) is 15.5. The number of hydrogen-bond donors (Lipinski definition) is 0.